The molecule has 116 valence electrons. The molecule has 1 heterocycles. The summed E-state index contributed by atoms with van der Waals surface area (Å²) in [7, 11) is -3.54. The van der Waals surface area contributed by atoms with E-state index in [1.165, 1.54) is 4.31 Å². The molecule has 1 aliphatic heterocycles. The van der Waals surface area contributed by atoms with E-state index >= 15 is 0 Å². The van der Waals surface area contributed by atoms with Crippen molar-refractivity contribution in [1.82, 2.24) is 4.31 Å². The van der Waals surface area contributed by atoms with E-state index in [9.17, 15) is 8.42 Å². The Kier molecular flexibility index (Phi) is 5.24. The van der Waals surface area contributed by atoms with Crippen LogP contribution in [0.3, 0.4) is 0 Å². The number of rotatable bonds is 4. The van der Waals surface area contributed by atoms with Gasteiger partial charge in [0.25, 0.3) is 0 Å². The Hall–Kier alpha value is -0.700. The third-order valence-corrected chi connectivity index (χ3v) is 5.83. The number of thiocarbonyl (C=S) groups is 1. The number of hydrogen-bond acceptors (Lipinski definition) is 3. The molecule has 1 unspecified atom stereocenters. The predicted octanol–water partition coefficient (Wildman–Crippen LogP) is 2.47. The molecule has 1 fully saturated rings. The lowest BCUT2D eigenvalue weighted by molar-refractivity contribution is 0.282. The van der Waals surface area contributed by atoms with E-state index in [4.69, 9.17) is 18.0 Å². The van der Waals surface area contributed by atoms with Crippen molar-refractivity contribution in [1.29, 1.82) is 0 Å². The fourth-order valence-electron chi connectivity index (χ4n) is 2.32. The molecular formula is C13H18BrN3O2S2. The molecule has 1 aliphatic rings. The Morgan fingerprint density at radius 1 is 1.52 bits per heavy atom. The molecule has 1 aromatic rings. The first-order valence-electron chi connectivity index (χ1n) is 6.67. The van der Waals surface area contributed by atoms with E-state index < -0.39 is 10.2 Å². The van der Waals surface area contributed by atoms with Gasteiger partial charge in [0.05, 0.1) is 5.69 Å². The van der Waals surface area contributed by atoms with Gasteiger partial charge in [0, 0.05) is 23.1 Å². The van der Waals surface area contributed by atoms with E-state index in [1.807, 2.05) is 0 Å². The van der Waals surface area contributed by atoms with Crippen LogP contribution in [0, 0.1) is 5.92 Å². The zero-order chi connectivity index (χ0) is 15.6. The van der Waals surface area contributed by atoms with Crippen molar-refractivity contribution in [2.24, 2.45) is 11.7 Å². The molecule has 0 amide bonds. The Labute approximate surface area is 139 Å². The van der Waals surface area contributed by atoms with Gasteiger partial charge < -0.3 is 5.73 Å². The van der Waals surface area contributed by atoms with E-state index in [2.05, 4.69) is 27.6 Å². The van der Waals surface area contributed by atoms with Crippen molar-refractivity contribution >= 4 is 49.0 Å². The first-order valence-corrected chi connectivity index (χ1v) is 9.31. The molecule has 2 rings (SSSR count). The number of anilines is 1. The summed E-state index contributed by atoms with van der Waals surface area (Å²) < 4.78 is 29.5. The molecule has 0 bridgehead atoms. The molecule has 0 aliphatic carbocycles. The molecule has 0 saturated carbocycles. The first-order chi connectivity index (χ1) is 9.79. The molecule has 21 heavy (non-hydrogen) atoms. The second-order valence-electron chi connectivity index (χ2n) is 5.27. The van der Waals surface area contributed by atoms with Crippen LogP contribution in [0.2, 0.25) is 0 Å². The summed E-state index contributed by atoms with van der Waals surface area (Å²) in [4.78, 5) is 0.273. The van der Waals surface area contributed by atoms with Crippen LogP contribution in [0.4, 0.5) is 5.69 Å². The summed E-state index contributed by atoms with van der Waals surface area (Å²) in [5.74, 6) is 0.385. The summed E-state index contributed by atoms with van der Waals surface area (Å²) >= 11 is 8.24. The molecule has 0 aromatic heterocycles. The van der Waals surface area contributed by atoms with E-state index in [0.29, 0.717) is 34.7 Å². The second-order valence-corrected chi connectivity index (χ2v) is 8.24. The maximum Gasteiger partial charge on any atom is 0.301 e. The van der Waals surface area contributed by atoms with Crippen LogP contribution in [0.25, 0.3) is 0 Å². The number of nitrogens with one attached hydrogen (secondary N) is 1. The molecule has 3 N–H and O–H groups in total. The highest BCUT2D eigenvalue weighted by Crippen LogP contribution is 2.26. The van der Waals surface area contributed by atoms with E-state index in [0.717, 1.165) is 12.8 Å². The van der Waals surface area contributed by atoms with Crippen LogP contribution in [0.5, 0.6) is 0 Å². The minimum atomic E-state index is -3.54. The zero-order valence-electron chi connectivity index (χ0n) is 11.7. The Balaban J connectivity index is 2.18. The van der Waals surface area contributed by atoms with Crippen LogP contribution in [0.15, 0.2) is 22.7 Å². The summed E-state index contributed by atoms with van der Waals surface area (Å²) in [6.45, 7) is 3.18. The van der Waals surface area contributed by atoms with Gasteiger partial charge in [-0.1, -0.05) is 19.1 Å². The smallest absolute Gasteiger partial charge is 0.301 e. The summed E-state index contributed by atoms with van der Waals surface area (Å²) in [5.41, 5.74) is 6.72. The number of benzene rings is 1. The number of piperidine rings is 1. The predicted molar refractivity (Wildman–Crippen MR) is 92.5 cm³/mol. The maximum absolute atomic E-state index is 12.4. The molecule has 0 spiro atoms. The van der Waals surface area contributed by atoms with Gasteiger partial charge in [-0.2, -0.15) is 12.7 Å². The lowest BCUT2D eigenvalue weighted by Crippen LogP contribution is -2.42. The van der Waals surface area contributed by atoms with E-state index in [1.54, 1.807) is 18.2 Å². The van der Waals surface area contributed by atoms with Gasteiger partial charge in [-0.15, -0.1) is 0 Å². The van der Waals surface area contributed by atoms with Crippen LogP contribution in [0.1, 0.15) is 25.3 Å². The van der Waals surface area contributed by atoms with Gasteiger partial charge in [0.1, 0.15) is 4.99 Å². The number of halogens is 1. The minimum Gasteiger partial charge on any atom is -0.389 e. The largest absolute Gasteiger partial charge is 0.389 e. The lowest BCUT2D eigenvalue weighted by Gasteiger charge is -2.30. The van der Waals surface area contributed by atoms with Crippen LogP contribution in [-0.4, -0.2) is 30.8 Å². The van der Waals surface area contributed by atoms with Crippen molar-refractivity contribution in [2.75, 3.05) is 17.8 Å². The molecule has 1 aromatic carbocycles. The highest BCUT2D eigenvalue weighted by atomic mass is 79.9. The Morgan fingerprint density at radius 3 is 2.81 bits per heavy atom. The van der Waals surface area contributed by atoms with Crippen molar-refractivity contribution in [3.63, 3.8) is 0 Å². The fourth-order valence-corrected chi connectivity index (χ4v) is 4.46. The van der Waals surface area contributed by atoms with Gasteiger partial charge in [0.15, 0.2) is 0 Å². The quantitative estimate of drug-likeness (QED) is 0.772. The highest BCUT2D eigenvalue weighted by molar-refractivity contribution is 9.10. The van der Waals surface area contributed by atoms with Crippen molar-refractivity contribution in [2.45, 2.75) is 19.8 Å². The first kappa shape index (κ1) is 16.7. The third-order valence-electron chi connectivity index (χ3n) is 3.45. The summed E-state index contributed by atoms with van der Waals surface area (Å²) in [5, 5.41) is 0. The van der Waals surface area contributed by atoms with Crippen molar-refractivity contribution in [3.05, 3.63) is 28.2 Å². The van der Waals surface area contributed by atoms with Gasteiger partial charge in [-0.05, 0) is 52.9 Å². The molecular weight excluding hydrogens is 374 g/mol. The van der Waals surface area contributed by atoms with Gasteiger partial charge in [-0.25, -0.2) is 0 Å². The number of hydrogen-bond donors (Lipinski definition) is 2. The molecule has 1 atom stereocenters. The third kappa shape index (κ3) is 4.15. The standard InChI is InChI=1S/C13H18BrN3O2S2/c1-9-3-2-6-17(8-9)21(18,19)16-12-5-4-10(13(15)20)7-11(12)14/h4-5,7,9,16H,2-3,6,8H2,1H3,(H2,15,20). The average Bonchev–Trinajstić information content (AvgIpc) is 2.40. The topological polar surface area (TPSA) is 75.4 Å². The molecule has 5 nitrogen and oxygen atoms in total. The Morgan fingerprint density at radius 2 is 2.24 bits per heavy atom. The summed E-state index contributed by atoms with van der Waals surface area (Å²) in [6.07, 6.45) is 1.96. The molecule has 8 heteroatoms. The number of nitrogens with two attached hydrogens (primary N) is 1. The highest BCUT2D eigenvalue weighted by Gasteiger charge is 2.27. The normalized spacial score (nSPS) is 20.2. The zero-order valence-corrected chi connectivity index (χ0v) is 14.9. The summed E-state index contributed by atoms with van der Waals surface area (Å²) in [6, 6.07) is 5.06. The molecule has 1 saturated heterocycles. The Bertz CT molecular complexity index is 649. The SMILES string of the molecule is CC1CCCN(S(=O)(=O)Nc2ccc(C(N)=S)cc2Br)C1. The van der Waals surface area contributed by atoms with Crippen LogP contribution < -0.4 is 10.5 Å². The second kappa shape index (κ2) is 6.60. The molecule has 0 radical (unpaired) electrons. The van der Waals surface area contributed by atoms with Crippen LogP contribution in [-0.2, 0) is 10.2 Å². The fraction of sp³-hybridized carbons (Fsp3) is 0.462. The number of nitrogens with zero attached hydrogens (tertiary/aromatic N) is 1. The van der Waals surface area contributed by atoms with Gasteiger partial charge in [0.2, 0.25) is 0 Å². The van der Waals surface area contributed by atoms with Gasteiger partial charge >= 0.3 is 10.2 Å². The van der Waals surface area contributed by atoms with E-state index in [-0.39, 0.29) is 4.99 Å². The van der Waals surface area contributed by atoms with Crippen molar-refractivity contribution in [3.8, 4) is 0 Å². The minimum absolute atomic E-state index is 0.273. The maximum atomic E-state index is 12.4. The monoisotopic (exact) mass is 391 g/mol. The van der Waals surface area contributed by atoms with Crippen LogP contribution >= 0.6 is 28.1 Å². The lowest BCUT2D eigenvalue weighted by atomic mass is 10.0. The van der Waals surface area contributed by atoms with Crippen molar-refractivity contribution < 1.29 is 8.42 Å². The van der Waals surface area contributed by atoms with Gasteiger partial charge in [-0.3, -0.25) is 4.72 Å². The average molecular weight is 392 g/mol.